The second kappa shape index (κ2) is 12.0. The Kier molecular flexibility index (Phi) is 7.36. The maximum Gasteiger partial charge on any atom is 0.264 e. The molecule has 6 nitrogen and oxygen atoms in total. The molecule has 0 bridgehead atoms. The molecule has 6 aromatic rings. The molecule has 5 aromatic carbocycles. The molecule has 0 fully saturated rings. The van der Waals surface area contributed by atoms with E-state index in [0.717, 1.165) is 52.9 Å². The molecular weight excluding hydrogens is 675 g/mol. The van der Waals surface area contributed by atoms with Crippen LogP contribution in [0.25, 0.3) is 10.1 Å². The summed E-state index contributed by atoms with van der Waals surface area (Å²) in [5, 5.41) is 1.28. The van der Waals surface area contributed by atoms with E-state index in [2.05, 4.69) is 130 Å². The van der Waals surface area contributed by atoms with Crippen molar-refractivity contribution in [3.8, 4) is 23.0 Å². The van der Waals surface area contributed by atoms with Gasteiger partial charge in [-0.25, -0.2) is 0 Å². The summed E-state index contributed by atoms with van der Waals surface area (Å²) in [5.74, 6) is 3.16. The highest BCUT2D eigenvalue weighted by atomic mass is 32.1. The standard InChI is InChI=1S/C45H43BN2O4S/c1-26-19-34-41-35(20-26)48(42-27(2)21-29(22-28(42)3)45(4,5)6)43-31-11-7-8-12-40(31)53-44(43)46(41)32-24-38-39(52-18-10-17-51-38)25-33(32)47(34)30-13-14-36-37(23-30)50-16-9-15-49-36/h7-8,11-14,19-25H,9-10,15-18H2,1-6H3. The molecule has 53 heavy (non-hydrogen) atoms. The molecule has 4 aliphatic rings. The Bertz CT molecular complexity index is 2460. The number of fused-ring (bicyclic) bond motifs is 8. The second-order valence-electron chi connectivity index (χ2n) is 15.9. The van der Waals surface area contributed by atoms with Crippen molar-refractivity contribution in [3.63, 3.8) is 0 Å². The number of nitrogens with zero attached hydrogens (tertiary/aromatic N) is 2. The Hall–Kier alpha value is -5.08. The molecule has 4 aliphatic heterocycles. The van der Waals surface area contributed by atoms with E-state index in [9.17, 15) is 0 Å². The minimum atomic E-state index is -0.0116. The van der Waals surface area contributed by atoms with Crippen molar-refractivity contribution >= 4 is 78.0 Å². The van der Waals surface area contributed by atoms with Gasteiger partial charge in [-0.1, -0.05) is 51.1 Å². The lowest BCUT2D eigenvalue weighted by Crippen LogP contribution is -2.60. The van der Waals surface area contributed by atoms with Crippen LogP contribution in [0.15, 0.2) is 78.9 Å². The number of ether oxygens (including phenoxy) is 4. The number of benzene rings is 5. The molecule has 5 heterocycles. The van der Waals surface area contributed by atoms with Crippen LogP contribution in [0, 0.1) is 20.8 Å². The largest absolute Gasteiger partial charge is 0.490 e. The van der Waals surface area contributed by atoms with Crippen molar-refractivity contribution in [3.05, 3.63) is 101 Å². The third-order valence-corrected chi connectivity index (χ3v) is 12.4. The van der Waals surface area contributed by atoms with Crippen molar-refractivity contribution in [2.45, 2.75) is 59.8 Å². The molecule has 0 aliphatic carbocycles. The molecule has 0 atom stereocenters. The number of anilines is 6. The molecule has 0 amide bonds. The first-order chi connectivity index (χ1) is 25.7. The van der Waals surface area contributed by atoms with Gasteiger partial charge in [0.25, 0.3) is 6.71 Å². The zero-order valence-electron chi connectivity index (χ0n) is 31.3. The van der Waals surface area contributed by atoms with Gasteiger partial charge in [-0.05, 0) is 95.8 Å². The normalized spacial score (nSPS) is 15.8. The van der Waals surface area contributed by atoms with Crippen LogP contribution in [-0.2, 0) is 5.41 Å². The summed E-state index contributed by atoms with van der Waals surface area (Å²) in [4.78, 5) is 5.01. The van der Waals surface area contributed by atoms with Gasteiger partial charge in [-0.2, -0.15) is 0 Å². The summed E-state index contributed by atoms with van der Waals surface area (Å²) >= 11 is 1.91. The second-order valence-corrected chi connectivity index (χ2v) is 17.0. The number of thiophene rings is 1. The predicted molar refractivity (Wildman–Crippen MR) is 220 cm³/mol. The Morgan fingerprint density at radius 3 is 1.94 bits per heavy atom. The molecule has 0 saturated carbocycles. The van der Waals surface area contributed by atoms with Crippen LogP contribution in [0.3, 0.4) is 0 Å². The first-order valence-electron chi connectivity index (χ1n) is 18.9. The van der Waals surface area contributed by atoms with Gasteiger partial charge in [0.1, 0.15) is 0 Å². The molecule has 0 unspecified atom stereocenters. The summed E-state index contributed by atoms with van der Waals surface area (Å²) in [6.07, 6.45) is 1.70. The number of hydrogen-bond acceptors (Lipinski definition) is 7. The average molecular weight is 719 g/mol. The summed E-state index contributed by atoms with van der Waals surface area (Å²) in [6.45, 7) is 16.2. The van der Waals surface area contributed by atoms with E-state index in [0.29, 0.717) is 26.4 Å². The van der Waals surface area contributed by atoms with Gasteiger partial charge in [-0.15, -0.1) is 11.3 Å². The third-order valence-electron chi connectivity index (χ3n) is 11.2. The maximum atomic E-state index is 6.41. The first-order valence-corrected chi connectivity index (χ1v) is 19.7. The molecular formula is C45H43BN2O4S. The van der Waals surface area contributed by atoms with Crippen LogP contribution < -0.4 is 44.4 Å². The highest BCUT2D eigenvalue weighted by Crippen LogP contribution is 2.51. The smallest absolute Gasteiger partial charge is 0.264 e. The first kappa shape index (κ1) is 32.6. The lowest BCUT2D eigenvalue weighted by Gasteiger charge is -2.44. The SMILES string of the molecule is Cc1cc2c3c(c1)N(c1c(C)cc(C(C)(C)C)cc1C)c1c(sc4ccccc14)B3c1cc3c(cc1N2c1ccc2c(c1)OCCCO2)OCCCO3. The van der Waals surface area contributed by atoms with E-state index in [1.54, 1.807) is 0 Å². The molecule has 266 valence electrons. The highest BCUT2D eigenvalue weighted by Gasteiger charge is 2.46. The van der Waals surface area contributed by atoms with Crippen molar-refractivity contribution in [1.29, 1.82) is 0 Å². The Labute approximate surface area is 315 Å². The molecule has 0 N–H and O–H groups in total. The monoisotopic (exact) mass is 718 g/mol. The van der Waals surface area contributed by atoms with Crippen molar-refractivity contribution < 1.29 is 18.9 Å². The van der Waals surface area contributed by atoms with Gasteiger partial charge in [0.05, 0.1) is 43.5 Å². The van der Waals surface area contributed by atoms with Gasteiger partial charge in [0.15, 0.2) is 23.0 Å². The average Bonchev–Trinajstić information content (AvgIpc) is 3.24. The minimum absolute atomic E-state index is 0.0116. The number of rotatable bonds is 2. The van der Waals surface area contributed by atoms with E-state index < -0.39 is 0 Å². The summed E-state index contributed by atoms with van der Waals surface area (Å²) < 4.78 is 27.8. The van der Waals surface area contributed by atoms with Crippen LogP contribution in [-0.4, -0.2) is 33.1 Å². The minimum Gasteiger partial charge on any atom is -0.490 e. The number of aryl methyl sites for hydroxylation is 3. The van der Waals surface area contributed by atoms with Gasteiger partial charge in [0.2, 0.25) is 0 Å². The van der Waals surface area contributed by atoms with E-state index >= 15 is 0 Å². The molecule has 8 heteroatoms. The summed E-state index contributed by atoms with van der Waals surface area (Å²) in [6, 6.07) is 29.3. The zero-order valence-corrected chi connectivity index (χ0v) is 32.1. The fourth-order valence-electron chi connectivity index (χ4n) is 8.76. The van der Waals surface area contributed by atoms with Crippen LogP contribution in [0.4, 0.5) is 34.1 Å². The van der Waals surface area contributed by atoms with Gasteiger partial charge >= 0.3 is 0 Å². The molecule has 1 aromatic heterocycles. The predicted octanol–water partition coefficient (Wildman–Crippen LogP) is 9.53. The lowest BCUT2D eigenvalue weighted by molar-refractivity contribution is 0.296. The van der Waals surface area contributed by atoms with Crippen molar-refractivity contribution in [2.24, 2.45) is 0 Å². The van der Waals surface area contributed by atoms with E-state index in [-0.39, 0.29) is 12.1 Å². The quantitative estimate of drug-likeness (QED) is 0.166. The molecule has 0 saturated heterocycles. The fraction of sp³-hybridized carbons (Fsp3) is 0.289. The van der Waals surface area contributed by atoms with Crippen LogP contribution in [0.2, 0.25) is 0 Å². The van der Waals surface area contributed by atoms with Crippen LogP contribution in [0.1, 0.15) is 55.9 Å². The molecule has 0 radical (unpaired) electrons. The lowest BCUT2D eigenvalue weighted by atomic mass is 9.36. The van der Waals surface area contributed by atoms with E-state index in [1.807, 2.05) is 11.3 Å². The van der Waals surface area contributed by atoms with Gasteiger partial charge in [-0.3, -0.25) is 0 Å². The Balaban J connectivity index is 1.30. The van der Waals surface area contributed by atoms with Gasteiger partial charge < -0.3 is 28.7 Å². The van der Waals surface area contributed by atoms with E-state index in [4.69, 9.17) is 18.9 Å². The fourth-order valence-corrected chi connectivity index (χ4v) is 10.1. The maximum absolute atomic E-state index is 6.41. The van der Waals surface area contributed by atoms with Gasteiger partial charge in [0, 0.05) is 56.9 Å². The summed E-state index contributed by atoms with van der Waals surface area (Å²) in [7, 11) is 0. The summed E-state index contributed by atoms with van der Waals surface area (Å²) in [5.41, 5.74) is 14.7. The molecule has 10 rings (SSSR count). The van der Waals surface area contributed by atoms with Crippen molar-refractivity contribution in [2.75, 3.05) is 36.2 Å². The van der Waals surface area contributed by atoms with Crippen LogP contribution in [0.5, 0.6) is 23.0 Å². The van der Waals surface area contributed by atoms with Crippen molar-refractivity contribution in [1.82, 2.24) is 0 Å². The van der Waals surface area contributed by atoms with E-state index in [1.165, 1.54) is 65.1 Å². The topological polar surface area (TPSA) is 43.4 Å². The van der Waals surface area contributed by atoms with Crippen LogP contribution >= 0.6 is 11.3 Å². The zero-order chi connectivity index (χ0) is 36.2. The Morgan fingerprint density at radius 1 is 0.623 bits per heavy atom. The third kappa shape index (κ3) is 5.05. The highest BCUT2D eigenvalue weighted by molar-refractivity contribution is 7.33. The Morgan fingerprint density at radius 2 is 1.25 bits per heavy atom. The molecule has 0 spiro atoms. The number of hydrogen-bond donors (Lipinski definition) is 0.